The van der Waals surface area contributed by atoms with Crippen LogP contribution >= 0.6 is 0 Å². The summed E-state index contributed by atoms with van der Waals surface area (Å²) in [4.78, 5) is 14.8. The second-order valence-electron chi connectivity index (χ2n) is 6.85. The van der Waals surface area contributed by atoms with Crippen molar-refractivity contribution in [2.75, 3.05) is 30.8 Å². The number of fused-ring (bicyclic) bond motifs is 1. The van der Waals surface area contributed by atoms with E-state index in [0.717, 1.165) is 11.8 Å². The lowest BCUT2D eigenvalue weighted by Crippen LogP contribution is -2.31. The molecule has 9 heteroatoms. The van der Waals surface area contributed by atoms with Crippen LogP contribution in [0.25, 0.3) is 0 Å². The van der Waals surface area contributed by atoms with Gasteiger partial charge in [0.15, 0.2) is 9.84 Å². The molecule has 0 aromatic heterocycles. The highest BCUT2D eigenvalue weighted by molar-refractivity contribution is 7.90. The summed E-state index contributed by atoms with van der Waals surface area (Å²) in [5, 5.41) is 0. The van der Waals surface area contributed by atoms with Gasteiger partial charge in [-0.3, -0.25) is 4.79 Å². The Balaban J connectivity index is 1.99. The summed E-state index contributed by atoms with van der Waals surface area (Å²) in [5.74, 6) is -0.413. The molecule has 0 N–H and O–H groups in total. The molecule has 156 valence electrons. The van der Waals surface area contributed by atoms with Gasteiger partial charge in [-0.25, -0.2) is 16.8 Å². The summed E-state index contributed by atoms with van der Waals surface area (Å²) in [6, 6.07) is 10.8. The average molecular weight is 437 g/mol. The van der Waals surface area contributed by atoms with Crippen LogP contribution < -0.4 is 4.90 Å². The largest absolute Gasteiger partial charge is 0.308 e. The summed E-state index contributed by atoms with van der Waals surface area (Å²) in [5.41, 5.74) is 1.47. The number of anilines is 1. The van der Waals surface area contributed by atoms with Gasteiger partial charge in [0.05, 0.1) is 15.4 Å². The van der Waals surface area contributed by atoms with Crippen molar-refractivity contribution in [3.05, 3.63) is 53.6 Å². The van der Waals surface area contributed by atoms with Gasteiger partial charge in [0.25, 0.3) is 5.91 Å². The van der Waals surface area contributed by atoms with Gasteiger partial charge in [-0.2, -0.15) is 4.31 Å². The van der Waals surface area contributed by atoms with E-state index in [9.17, 15) is 21.6 Å². The number of sulfone groups is 1. The molecule has 2 aromatic carbocycles. The molecule has 0 bridgehead atoms. The van der Waals surface area contributed by atoms with Crippen molar-refractivity contribution in [3.63, 3.8) is 0 Å². The Morgan fingerprint density at radius 2 is 1.69 bits per heavy atom. The minimum atomic E-state index is -3.59. The summed E-state index contributed by atoms with van der Waals surface area (Å²) in [6.45, 7) is 4.69. The Morgan fingerprint density at radius 1 is 1.03 bits per heavy atom. The van der Waals surface area contributed by atoms with Gasteiger partial charge in [0.1, 0.15) is 0 Å². The van der Waals surface area contributed by atoms with Crippen LogP contribution in [0.15, 0.2) is 52.3 Å². The van der Waals surface area contributed by atoms with Crippen LogP contribution in [0.2, 0.25) is 0 Å². The molecular formula is C20H24N2O5S2. The molecule has 2 aromatic rings. The van der Waals surface area contributed by atoms with Crippen molar-refractivity contribution in [2.45, 2.75) is 30.1 Å². The van der Waals surface area contributed by atoms with Crippen LogP contribution in [-0.4, -0.2) is 52.9 Å². The number of amides is 1. The molecule has 7 nitrogen and oxygen atoms in total. The van der Waals surface area contributed by atoms with Gasteiger partial charge < -0.3 is 4.90 Å². The fourth-order valence-electron chi connectivity index (χ4n) is 3.57. The van der Waals surface area contributed by atoms with Crippen LogP contribution in [0.1, 0.15) is 29.8 Å². The quantitative estimate of drug-likeness (QED) is 0.693. The van der Waals surface area contributed by atoms with Crippen LogP contribution in [0.5, 0.6) is 0 Å². The van der Waals surface area contributed by atoms with Gasteiger partial charge in [-0.1, -0.05) is 26.0 Å². The zero-order valence-corrected chi connectivity index (χ0v) is 18.3. The molecule has 29 heavy (non-hydrogen) atoms. The van der Waals surface area contributed by atoms with Crippen molar-refractivity contribution in [1.82, 2.24) is 4.31 Å². The average Bonchev–Trinajstić information content (AvgIpc) is 3.10. The molecule has 1 aliphatic rings. The van der Waals surface area contributed by atoms with E-state index in [1.54, 1.807) is 38.1 Å². The summed E-state index contributed by atoms with van der Waals surface area (Å²) < 4.78 is 51.0. The molecule has 0 atom stereocenters. The number of carbonyl (C=O) groups is 1. The highest BCUT2D eigenvalue weighted by Crippen LogP contribution is 2.33. The predicted molar refractivity (Wildman–Crippen MR) is 111 cm³/mol. The lowest BCUT2D eigenvalue weighted by molar-refractivity contribution is 0.0986. The van der Waals surface area contributed by atoms with Crippen LogP contribution in [0, 0.1) is 0 Å². The predicted octanol–water partition coefficient (Wildman–Crippen LogP) is 2.32. The number of rotatable bonds is 6. The van der Waals surface area contributed by atoms with Crippen molar-refractivity contribution in [3.8, 4) is 0 Å². The Morgan fingerprint density at radius 3 is 2.31 bits per heavy atom. The molecule has 0 spiro atoms. The molecule has 1 heterocycles. The number of benzene rings is 2. The number of sulfonamides is 1. The highest BCUT2D eigenvalue weighted by atomic mass is 32.2. The first-order chi connectivity index (χ1) is 13.6. The number of carbonyl (C=O) groups excluding carboxylic acids is 1. The first-order valence-electron chi connectivity index (χ1n) is 9.35. The molecule has 0 fully saturated rings. The maximum Gasteiger partial charge on any atom is 0.259 e. The van der Waals surface area contributed by atoms with E-state index in [-0.39, 0.29) is 15.4 Å². The van der Waals surface area contributed by atoms with Crippen molar-refractivity contribution >= 4 is 31.5 Å². The second-order valence-corrected chi connectivity index (χ2v) is 10.8. The van der Waals surface area contributed by atoms with Crippen LogP contribution in [-0.2, 0) is 26.3 Å². The lowest BCUT2D eigenvalue weighted by atomic mass is 10.1. The number of hydrogen-bond acceptors (Lipinski definition) is 5. The van der Waals surface area contributed by atoms with Crippen LogP contribution in [0.3, 0.4) is 0 Å². The van der Waals surface area contributed by atoms with E-state index >= 15 is 0 Å². The summed E-state index contributed by atoms with van der Waals surface area (Å²) in [7, 11) is -7.15. The third-order valence-corrected chi connectivity index (χ3v) is 8.25. The molecular weight excluding hydrogens is 412 g/mol. The van der Waals surface area contributed by atoms with E-state index in [4.69, 9.17) is 0 Å². The van der Waals surface area contributed by atoms with Crippen molar-refractivity contribution in [2.24, 2.45) is 0 Å². The molecule has 0 unspecified atom stereocenters. The van der Waals surface area contributed by atoms with E-state index in [2.05, 4.69) is 0 Å². The Hall–Kier alpha value is -2.23. The summed E-state index contributed by atoms with van der Waals surface area (Å²) in [6.07, 6.45) is 1.57. The van der Waals surface area contributed by atoms with Crippen LogP contribution in [0.4, 0.5) is 5.69 Å². The topological polar surface area (TPSA) is 91.8 Å². The third-order valence-electron chi connectivity index (χ3n) is 5.05. The van der Waals surface area contributed by atoms with E-state index in [1.807, 2.05) is 0 Å². The van der Waals surface area contributed by atoms with Crippen molar-refractivity contribution < 1.29 is 21.6 Å². The fraction of sp³-hybridized carbons (Fsp3) is 0.350. The molecule has 0 radical (unpaired) electrons. The van der Waals surface area contributed by atoms with Gasteiger partial charge in [-0.05, 0) is 42.3 Å². The SMILES string of the molecule is CCN(CC)S(=O)(=O)c1ccc2c(c1)CCN2C(=O)c1ccccc1S(C)(=O)=O. The molecule has 1 amide bonds. The zero-order chi connectivity index (χ0) is 21.4. The first-order valence-corrected chi connectivity index (χ1v) is 12.7. The Labute approximate surface area is 171 Å². The second kappa shape index (κ2) is 7.89. The van der Waals surface area contributed by atoms with Gasteiger partial charge >= 0.3 is 0 Å². The monoisotopic (exact) mass is 436 g/mol. The van der Waals surface area contributed by atoms with Gasteiger partial charge in [0, 0.05) is 31.6 Å². The number of nitrogens with zero attached hydrogens (tertiary/aromatic N) is 2. The highest BCUT2D eigenvalue weighted by Gasteiger charge is 2.30. The number of hydrogen-bond donors (Lipinski definition) is 0. The standard InChI is InChI=1S/C20H24N2O5S2/c1-4-21(5-2)29(26,27)16-10-11-18-15(14-16)12-13-22(18)20(23)17-8-6-7-9-19(17)28(3,24)25/h6-11,14H,4-5,12-13H2,1-3H3. The zero-order valence-electron chi connectivity index (χ0n) is 16.6. The Kier molecular flexibility index (Phi) is 5.84. The third kappa shape index (κ3) is 3.94. The smallest absolute Gasteiger partial charge is 0.259 e. The molecule has 3 rings (SSSR count). The molecule has 0 aliphatic carbocycles. The minimum Gasteiger partial charge on any atom is -0.308 e. The molecule has 1 aliphatic heterocycles. The Bertz CT molecular complexity index is 1150. The molecule has 0 saturated carbocycles. The van der Waals surface area contributed by atoms with E-state index in [1.165, 1.54) is 27.4 Å². The normalized spacial score (nSPS) is 14.3. The first kappa shape index (κ1) is 21.5. The maximum absolute atomic E-state index is 13.1. The molecule has 0 saturated heterocycles. The van der Waals surface area contributed by atoms with E-state index in [0.29, 0.717) is 31.7 Å². The lowest BCUT2D eigenvalue weighted by Gasteiger charge is -2.21. The fourth-order valence-corrected chi connectivity index (χ4v) is 5.96. The minimum absolute atomic E-state index is 0.0146. The maximum atomic E-state index is 13.1. The van der Waals surface area contributed by atoms with E-state index < -0.39 is 25.8 Å². The van der Waals surface area contributed by atoms with Gasteiger partial charge in [-0.15, -0.1) is 0 Å². The van der Waals surface area contributed by atoms with Gasteiger partial charge in [0.2, 0.25) is 10.0 Å². The van der Waals surface area contributed by atoms with Crippen molar-refractivity contribution in [1.29, 1.82) is 0 Å². The summed E-state index contributed by atoms with van der Waals surface area (Å²) >= 11 is 0.